The second-order valence-corrected chi connectivity index (χ2v) is 6.41. The van der Waals surface area contributed by atoms with E-state index >= 15 is 0 Å². The van der Waals surface area contributed by atoms with Gasteiger partial charge in [0.15, 0.2) is 0 Å². The molecule has 0 unspecified atom stereocenters. The Morgan fingerprint density at radius 1 is 0.900 bits per heavy atom. The van der Waals surface area contributed by atoms with Crippen LogP contribution in [0.4, 0.5) is 17.1 Å². The lowest BCUT2D eigenvalue weighted by atomic mass is 10.2. The van der Waals surface area contributed by atoms with Gasteiger partial charge in [0.2, 0.25) is 0 Å². The van der Waals surface area contributed by atoms with E-state index in [1.165, 1.54) is 38.8 Å². The lowest BCUT2D eigenvalue weighted by Gasteiger charge is -2.21. The minimum absolute atomic E-state index is 0.447. The fourth-order valence-electron chi connectivity index (χ4n) is 2.45. The number of phenolic OH excluding ortho intramolecular Hbond substituents is 1. The summed E-state index contributed by atoms with van der Waals surface area (Å²) >= 11 is 0. The van der Waals surface area contributed by atoms with Crippen LogP contribution in [0, 0.1) is 41.7 Å². The molecule has 0 fully saturated rings. The second-order valence-electron chi connectivity index (χ2n) is 6.41. The molecule has 1 aromatic rings. The third-order valence-corrected chi connectivity index (χ3v) is 4.08. The number of nitriles is 1. The van der Waals surface area contributed by atoms with Crippen LogP contribution < -0.4 is 0 Å². The highest BCUT2D eigenvalue weighted by Gasteiger charge is 2.30. The number of benzene rings is 1. The molecule has 0 aliphatic rings. The molecule has 30 heavy (non-hydrogen) atoms. The van der Waals surface area contributed by atoms with Crippen molar-refractivity contribution in [3.05, 3.63) is 42.5 Å². The number of hydrogen-bond donors (Lipinski definition) is 1. The average molecular weight is 425 g/mol. The van der Waals surface area contributed by atoms with Crippen LogP contribution in [-0.2, 0) is 0 Å². The summed E-state index contributed by atoms with van der Waals surface area (Å²) in [5, 5.41) is 48.7. The predicted octanol–water partition coefficient (Wildman–Crippen LogP) is 4.31. The molecule has 0 spiro atoms. The monoisotopic (exact) mass is 425 g/mol. The minimum Gasteiger partial charge on any atom is -0.497 e. The maximum Gasteiger partial charge on any atom is 0.324 e. The first-order chi connectivity index (χ1) is 14.2. The molecule has 0 aliphatic heterocycles. The third kappa shape index (κ3) is 9.74. The summed E-state index contributed by atoms with van der Waals surface area (Å²) in [6.07, 6.45) is 6.84. The molecule has 0 aliphatic carbocycles. The maximum atomic E-state index is 10.4. The SMILES string of the molecule is CCCCN(CCCC)CCCC#N.O=[N+]([O-])c1cc([N+](=O)[O-])c(O)c([N+](=O)[O-])c1. The Kier molecular flexibility index (Phi) is 13.0. The summed E-state index contributed by atoms with van der Waals surface area (Å²) in [5.41, 5.74) is -3.00. The Balaban J connectivity index is 0.000000567. The lowest BCUT2D eigenvalue weighted by Crippen LogP contribution is -2.27. The van der Waals surface area contributed by atoms with E-state index < -0.39 is 37.6 Å². The van der Waals surface area contributed by atoms with Gasteiger partial charge >= 0.3 is 11.4 Å². The second kappa shape index (κ2) is 14.6. The molecule has 0 bridgehead atoms. The van der Waals surface area contributed by atoms with Crippen molar-refractivity contribution in [2.75, 3.05) is 19.6 Å². The van der Waals surface area contributed by atoms with Crippen LogP contribution in [0.25, 0.3) is 0 Å². The Hall–Kier alpha value is -3.33. The van der Waals surface area contributed by atoms with E-state index in [1.807, 2.05) is 0 Å². The van der Waals surface area contributed by atoms with Gasteiger partial charge in [-0.15, -0.1) is 0 Å². The van der Waals surface area contributed by atoms with Crippen molar-refractivity contribution in [2.45, 2.75) is 52.4 Å². The third-order valence-electron chi connectivity index (χ3n) is 4.08. The maximum absolute atomic E-state index is 10.4. The largest absolute Gasteiger partial charge is 0.497 e. The highest BCUT2D eigenvalue weighted by atomic mass is 16.6. The van der Waals surface area contributed by atoms with Gasteiger partial charge in [-0.25, -0.2) is 0 Å². The molecule has 0 heterocycles. The molecule has 0 atom stereocenters. The van der Waals surface area contributed by atoms with Gasteiger partial charge in [-0.1, -0.05) is 26.7 Å². The number of non-ortho nitro benzene ring substituents is 1. The van der Waals surface area contributed by atoms with Gasteiger partial charge in [-0.3, -0.25) is 30.3 Å². The molecule has 1 N–H and O–H groups in total. The fourth-order valence-corrected chi connectivity index (χ4v) is 2.45. The summed E-state index contributed by atoms with van der Waals surface area (Å²) in [7, 11) is 0. The number of unbranched alkanes of at least 4 members (excludes halogenated alkanes) is 3. The van der Waals surface area contributed by atoms with E-state index in [4.69, 9.17) is 10.4 Å². The van der Waals surface area contributed by atoms with Crippen molar-refractivity contribution in [3.63, 3.8) is 0 Å². The highest BCUT2D eigenvalue weighted by Crippen LogP contribution is 2.38. The summed E-state index contributed by atoms with van der Waals surface area (Å²) in [6.45, 7) is 7.98. The van der Waals surface area contributed by atoms with E-state index in [0.717, 1.165) is 13.0 Å². The first-order valence-corrected chi connectivity index (χ1v) is 9.58. The van der Waals surface area contributed by atoms with Crippen molar-refractivity contribution in [2.24, 2.45) is 0 Å². The number of rotatable bonds is 12. The topological polar surface area (TPSA) is 177 Å². The molecule has 0 saturated carbocycles. The molecular weight excluding hydrogens is 398 g/mol. The van der Waals surface area contributed by atoms with Crippen LogP contribution in [0.3, 0.4) is 0 Å². The van der Waals surface area contributed by atoms with Crippen molar-refractivity contribution in [1.82, 2.24) is 4.90 Å². The number of phenols is 1. The molecule has 0 saturated heterocycles. The highest BCUT2D eigenvalue weighted by molar-refractivity contribution is 5.64. The Morgan fingerprint density at radius 2 is 1.33 bits per heavy atom. The van der Waals surface area contributed by atoms with Crippen molar-refractivity contribution in [1.29, 1.82) is 5.26 Å². The zero-order valence-electron chi connectivity index (χ0n) is 17.2. The number of nitro groups is 3. The number of nitro benzene ring substituents is 3. The molecule has 0 radical (unpaired) electrons. The fraction of sp³-hybridized carbons (Fsp3) is 0.611. The normalized spacial score (nSPS) is 10.1. The Morgan fingerprint density at radius 3 is 1.67 bits per heavy atom. The van der Waals surface area contributed by atoms with Gasteiger partial charge in [0.05, 0.1) is 33.0 Å². The van der Waals surface area contributed by atoms with E-state index in [9.17, 15) is 30.3 Å². The smallest absolute Gasteiger partial charge is 0.324 e. The Bertz CT molecular complexity index is 721. The van der Waals surface area contributed by atoms with E-state index in [1.54, 1.807) is 0 Å². The molecule has 12 heteroatoms. The van der Waals surface area contributed by atoms with Crippen LogP contribution in [0.15, 0.2) is 12.1 Å². The van der Waals surface area contributed by atoms with Gasteiger partial charge in [0.25, 0.3) is 11.4 Å². The first-order valence-electron chi connectivity index (χ1n) is 9.58. The zero-order valence-corrected chi connectivity index (χ0v) is 17.2. The van der Waals surface area contributed by atoms with Crippen LogP contribution in [0.5, 0.6) is 5.75 Å². The minimum atomic E-state index is -1.21. The van der Waals surface area contributed by atoms with Crippen molar-refractivity contribution >= 4 is 17.1 Å². The molecular formula is C18H27N5O7. The average Bonchev–Trinajstić information content (AvgIpc) is 2.69. The summed E-state index contributed by atoms with van der Waals surface area (Å²) in [5.74, 6) is -1.21. The number of hydrogen-bond acceptors (Lipinski definition) is 9. The van der Waals surface area contributed by atoms with Crippen LogP contribution >= 0.6 is 0 Å². The lowest BCUT2D eigenvalue weighted by molar-refractivity contribution is -0.404. The zero-order chi connectivity index (χ0) is 23.1. The van der Waals surface area contributed by atoms with E-state index in [-0.39, 0.29) is 0 Å². The molecule has 1 rings (SSSR count). The molecule has 1 aromatic carbocycles. The van der Waals surface area contributed by atoms with Gasteiger partial charge in [0.1, 0.15) is 0 Å². The molecule has 166 valence electrons. The van der Waals surface area contributed by atoms with Crippen LogP contribution in [0.2, 0.25) is 0 Å². The Labute approximate surface area is 174 Å². The summed E-state index contributed by atoms with van der Waals surface area (Å²) in [6, 6.07) is 3.10. The van der Waals surface area contributed by atoms with E-state index in [0.29, 0.717) is 18.6 Å². The van der Waals surface area contributed by atoms with Gasteiger partial charge in [0, 0.05) is 6.42 Å². The standard InChI is InChI=1S/C12H24N2.C6H3N3O7/c1-3-5-10-14(11-6-4-2)12-8-7-9-13;10-6-4(8(13)14)1-3(7(11)12)2-5(6)9(15)16/h3-8,10-12H2,1-2H3;1-2,10H. The van der Waals surface area contributed by atoms with Crippen LogP contribution in [-0.4, -0.2) is 44.4 Å². The number of nitrogens with zero attached hydrogens (tertiary/aromatic N) is 5. The quantitative estimate of drug-likeness (QED) is 0.290. The van der Waals surface area contributed by atoms with E-state index in [2.05, 4.69) is 24.8 Å². The number of aromatic hydroxyl groups is 1. The molecule has 0 amide bonds. The first kappa shape index (κ1) is 26.7. The molecule has 0 aromatic heterocycles. The van der Waals surface area contributed by atoms with Crippen LogP contribution in [0.1, 0.15) is 52.4 Å². The van der Waals surface area contributed by atoms with Gasteiger partial charge in [-0.2, -0.15) is 5.26 Å². The van der Waals surface area contributed by atoms with Gasteiger partial charge < -0.3 is 10.0 Å². The predicted molar refractivity (Wildman–Crippen MR) is 109 cm³/mol. The van der Waals surface area contributed by atoms with Gasteiger partial charge in [-0.05, 0) is 38.9 Å². The van der Waals surface area contributed by atoms with Crippen molar-refractivity contribution < 1.29 is 19.9 Å². The summed E-state index contributed by atoms with van der Waals surface area (Å²) < 4.78 is 0. The van der Waals surface area contributed by atoms with Crippen molar-refractivity contribution in [3.8, 4) is 11.8 Å². The molecule has 12 nitrogen and oxygen atoms in total. The summed E-state index contributed by atoms with van der Waals surface area (Å²) in [4.78, 5) is 30.3.